The number of hydrogen-bond donors (Lipinski definition) is 3. The van der Waals surface area contributed by atoms with Gasteiger partial charge in [-0.15, -0.1) is 0 Å². The molecule has 1 unspecified atom stereocenters. The molecule has 136 valence electrons. The summed E-state index contributed by atoms with van der Waals surface area (Å²) in [6.07, 6.45) is 1.66. The minimum absolute atomic E-state index is 0.00497. The molecule has 3 rings (SSSR count). The fourth-order valence-electron chi connectivity index (χ4n) is 3.09. The number of carbonyl (C=O) groups excluding carboxylic acids is 2. The van der Waals surface area contributed by atoms with Crippen molar-refractivity contribution in [3.05, 3.63) is 64.7 Å². The summed E-state index contributed by atoms with van der Waals surface area (Å²) in [5, 5.41) is 10.1. The lowest BCUT2D eigenvalue weighted by molar-refractivity contribution is -0.126. The third kappa shape index (κ3) is 4.33. The van der Waals surface area contributed by atoms with Gasteiger partial charge in [-0.1, -0.05) is 41.9 Å². The van der Waals surface area contributed by atoms with Crippen LogP contribution < -0.4 is 10.9 Å². The molecule has 3 N–H and O–H groups in total. The molecule has 0 saturated carbocycles. The van der Waals surface area contributed by atoms with E-state index < -0.39 is 5.91 Å². The van der Waals surface area contributed by atoms with Crippen LogP contribution >= 0.6 is 11.6 Å². The zero-order valence-corrected chi connectivity index (χ0v) is 14.9. The number of nitrogens with one attached hydrogen (secondary N) is 2. The topological polar surface area (TPSA) is 81.7 Å². The third-order valence-corrected chi connectivity index (χ3v) is 4.63. The van der Waals surface area contributed by atoms with Crippen LogP contribution in [-0.4, -0.2) is 34.4 Å². The molecular formula is C19H20ClN3O3. The van der Waals surface area contributed by atoms with Crippen molar-refractivity contribution >= 4 is 23.4 Å². The number of hydrazine groups is 1. The molecule has 2 aromatic rings. The lowest BCUT2D eigenvalue weighted by Crippen LogP contribution is -2.50. The van der Waals surface area contributed by atoms with E-state index in [2.05, 4.69) is 15.8 Å². The van der Waals surface area contributed by atoms with Crippen molar-refractivity contribution < 1.29 is 14.7 Å². The number of phenolic OH excluding ortho intramolecular Hbond substituents is 1. The van der Waals surface area contributed by atoms with Crippen LogP contribution in [0.1, 0.15) is 28.8 Å². The maximum absolute atomic E-state index is 12.5. The first-order valence-electron chi connectivity index (χ1n) is 8.41. The van der Waals surface area contributed by atoms with Crippen LogP contribution in [0.15, 0.2) is 48.5 Å². The van der Waals surface area contributed by atoms with Crippen LogP contribution in [0.5, 0.6) is 5.75 Å². The van der Waals surface area contributed by atoms with Gasteiger partial charge in [0.05, 0.1) is 11.6 Å². The van der Waals surface area contributed by atoms with Crippen LogP contribution in [0.25, 0.3) is 0 Å². The van der Waals surface area contributed by atoms with Crippen molar-refractivity contribution in [1.82, 2.24) is 15.8 Å². The molecule has 2 amide bonds. The van der Waals surface area contributed by atoms with Crippen molar-refractivity contribution in [2.24, 2.45) is 0 Å². The second-order valence-electron chi connectivity index (χ2n) is 6.22. The van der Waals surface area contributed by atoms with E-state index in [0.29, 0.717) is 11.6 Å². The minimum Gasteiger partial charge on any atom is -0.507 e. The number of phenols is 1. The number of amides is 2. The summed E-state index contributed by atoms with van der Waals surface area (Å²) in [6.45, 7) is 1.51. The molecule has 1 saturated heterocycles. The highest BCUT2D eigenvalue weighted by molar-refractivity contribution is 6.31. The summed E-state index contributed by atoms with van der Waals surface area (Å²) in [5.41, 5.74) is 5.94. The van der Waals surface area contributed by atoms with Crippen LogP contribution in [0.4, 0.5) is 0 Å². The van der Waals surface area contributed by atoms with Gasteiger partial charge in [0, 0.05) is 11.6 Å². The van der Waals surface area contributed by atoms with Crippen molar-refractivity contribution in [2.75, 3.05) is 6.54 Å². The molecule has 0 spiro atoms. The molecule has 7 heteroatoms. The Kier molecular flexibility index (Phi) is 5.75. The lowest BCUT2D eigenvalue weighted by Gasteiger charge is -2.23. The van der Waals surface area contributed by atoms with E-state index in [1.165, 1.54) is 18.2 Å². The normalized spacial score (nSPS) is 17.0. The van der Waals surface area contributed by atoms with Gasteiger partial charge in [0.25, 0.3) is 11.8 Å². The summed E-state index contributed by atoms with van der Waals surface area (Å²) in [6, 6.07) is 13.8. The number of halogens is 1. The van der Waals surface area contributed by atoms with Crippen LogP contribution in [0, 0.1) is 0 Å². The Morgan fingerprint density at radius 2 is 1.92 bits per heavy atom. The Morgan fingerprint density at radius 3 is 2.69 bits per heavy atom. The van der Waals surface area contributed by atoms with Gasteiger partial charge < -0.3 is 5.11 Å². The van der Waals surface area contributed by atoms with Gasteiger partial charge >= 0.3 is 0 Å². The number of hydrogen-bond acceptors (Lipinski definition) is 4. The maximum atomic E-state index is 12.5. The van der Waals surface area contributed by atoms with Crippen molar-refractivity contribution in [3.8, 4) is 5.75 Å². The van der Waals surface area contributed by atoms with Gasteiger partial charge in [-0.2, -0.15) is 0 Å². The zero-order chi connectivity index (χ0) is 18.5. The van der Waals surface area contributed by atoms with Crippen molar-refractivity contribution in [2.45, 2.75) is 25.4 Å². The van der Waals surface area contributed by atoms with Crippen molar-refractivity contribution in [3.63, 3.8) is 0 Å². The molecule has 1 heterocycles. The first-order valence-corrected chi connectivity index (χ1v) is 8.79. The molecule has 1 atom stereocenters. The quantitative estimate of drug-likeness (QED) is 0.719. The molecule has 26 heavy (non-hydrogen) atoms. The average Bonchev–Trinajstić information content (AvgIpc) is 3.10. The molecule has 1 aliphatic rings. The first-order chi connectivity index (χ1) is 12.5. The smallest absolute Gasteiger partial charge is 0.273 e. The SMILES string of the molecule is O=C(NNC(=O)C1CCCN1Cc1ccccc1)c1cc(Cl)ccc1O. The number of likely N-dealkylation sites (tertiary alicyclic amines) is 1. The number of nitrogens with zero attached hydrogens (tertiary/aromatic N) is 1. The van der Waals surface area contributed by atoms with E-state index in [-0.39, 0.29) is 23.3 Å². The summed E-state index contributed by atoms with van der Waals surface area (Å²) >= 11 is 5.84. The fourth-order valence-corrected chi connectivity index (χ4v) is 3.26. The molecule has 1 aliphatic heterocycles. The number of aromatic hydroxyl groups is 1. The van der Waals surface area contributed by atoms with E-state index in [9.17, 15) is 14.7 Å². The van der Waals surface area contributed by atoms with Gasteiger partial charge in [0.15, 0.2) is 0 Å². The Labute approximate surface area is 156 Å². The van der Waals surface area contributed by atoms with E-state index in [0.717, 1.165) is 24.9 Å². The predicted octanol–water partition coefficient (Wildman–Crippen LogP) is 2.47. The van der Waals surface area contributed by atoms with Crippen LogP contribution in [0.3, 0.4) is 0 Å². The van der Waals surface area contributed by atoms with Gasteiger partial charge in [0.1, 0.15) is 5.75 Å². The van der Waals surface area contributed by atoms with Gasteiger partial charge in [-0.25, -0.2) is 0 Å². The molecule has 0 radical (unpaired) electrons. The average molecular weight is 374 g/mol. The van der Waals surface area contributed by atoms with Crippen molar-refractivity contribution in [1.29, 1.82) is 0 Å². The Balaban J connectivity index is 1.58. The largest absolute Gasteiger partial charge is 0.507 e. The van der Waals surface area contributed by atoms with Gasteiger partial charge in [-0.3, -0.25) is 25.3 Å². The number of rotatable bonds is 4. The Hall–Kier alpha value is -2.57. The molecule has 6 nitrogen and oxygen atoms in total. The first kappa shape index (κ1) is 18.2. The highest BCUT2D eigenvalue weighted by Crippen LogP contribution is 2.22. The Morgan fingerprint density at radius 1 is 1.15 bits per heavy atom. The van der Waals surface area contributed by atoms with Gasteiger partial charge in [-0.05, 0) is 43.1 Å². The maximum Gasteiger partial charge on any atom is 0.273 e. The highest BCUT2D eigenvalue weighted by atomic mass is 35.5. The van der Waals surface area contributed by atoms with E-state index in [1.54, 1.807) is 0 Å². The summed E-state index contributed by atoms with van der Waals surface area (Å²) in [7, 11) is 0. The van der Waals surface area contributed by atoms with E-state index in [1.807, 2.05) is 30.3 Å². The predicted molar refractivity (Wildman–Crippen MR) is 98.6 cm³/mol. The fraction of sp³-hybridized carbons (Fsp3) is 0.263. The minimum atomic E-state index is -0.619. The Bertz CT molecular complexity index is 798. The van der Waals surface area contributed by atoms with E-state index >= 15 is 0 Å². The van der Waals surface area contributed by atoms with Gasteiger partial charge in [0.2, 0.25) is 0 Å². The second kappa shape index (κ2) is 8.21. The van der Waals surface area contributed by atoms with Crippen LogP contribution in [-0.2, 0) is 11.3 Å². The third-order valence-electron chi connectivity index (χ3n) is 4.40. The molecular weight excluding hydrogens is 354 g/mol. The summed E-state index contributed by atoms with van der Waals surface area (Å²) in [4.78, 5) is 26.7. The molecule has 2 aromatic carbocycles. The number of benzene rings is 2. The summed E-state index contributed by atoms with van der Waals surface area (Å²) in [5.74, 6) is -1.09. The summed E-state index contributed by atoms with van der Waals surface area (Å²) < 4.78 is 0. The molecule has 1 fully saturated rings. The molecule has 0 bridgehead atoms. The highest BCUT2D eigenvalue weighted by Gasteiger charge is 2.30. The standard InChI is InChI=1S/C19H20ClN3O3/c20-14-8-9-17(24)15(11-14)18(25)21-22-19(26)16-7-4-10-23(16)12-13-5-2-1-3-6-13/h1-3,5-6,8-9,11,16,24H,4,7,10,12H2,(H,21,25)(H,22,26). The monoisotopic (exact) mass is 373 g/mol. The zero-order valence-electron chi connectivity index (χ0n) is 14.1. The molecule has 0 aliphatic carbocycles. The number of carbonyl (C=O) groups is 2. The second-order valence-corrected chi connectivity index (χ2v) is 6.66. The lowest BCUT2D eigenvalue weighted by atomic mass is 10.1. The van der Waals surface area contributed by atoms with Crippen LogP contribution in [0.2, 0.25) is 5.02 Å². The van der Waals surface area contributed by atoms with E-state index in [4.69, 9.17) is 11.6 Å². The molecule has 0 aromatic heterocycles.